The molecule has 1 N–H and O–H groups in total. The Balaban J connectivity index is 2.28. The van der Waals surface area contributed by atoms with Crippen LogP contribution in [0.5, 0.6) is 11.5 Å². The molecule has 0 aliphatic heterocycles. The van der Waals surface area contributed by atoms with E-state index in [1.807, 2.05) is 37.3 Å². The Hall–Kier alpha value is -2.57. The second-order valence-electron chi connectivity index (χ2n) is 5.58. The Morgan fingerprint density at radius 3 is 2.80 bits per heavy atom. The second kappa shape index (κ2) is 9.05. The fraction of sp³-hybridized carbons (Fsp3) is 0.238. The maximum atomic E-state index is 6.08. The molecule has 2 rings (SSSR count). The fourth-order valence-electron chi connectivity index (χ4n) is 2.54. The van der Waals surface area contributed by atoms with Gasteiger partial charge in [-0.3, -0.25) is 0 Å². The largest absolute Gasteiger partial charge is 0.493 e. The van der Waals surface area contributed by atoms with Gasteiger partial charge in [-0.2, -0.15) is 0 Å². The average Bonchev–Trinajstić information content (AvgIpc) is 2.61. The molecule has 0 saturated heterocycles. The van der Waals surface area contributed by atoms with E-state index in [4.69, 9.17) is 27.5 Å². The van der Waals surface area contributed by atoms with Gasteiger partial charge in [-0.05, 0) is 48.7 Å². The molecule has 0 aromatic heterocycles. The van der Waals surface area contributed by atoms with Crippen molar-refractivity contribution in [1.29, 1.82) is 0 Å². The summed E-state index contributed by atoms with van der Waals surface area (Å²) in [5.74, 6) is 3.81. The maximum absolute atomic E-state index is 6.08. The molecule has 25 heavy (non-hydrogen) atoms. The Kier molecular flexibility index (Phi) is 6.80. The van der Waals surface area contributed by atoms with Crippen molar-refractivity contribution in [1.82, 2.24) is 0 Å². The number of methoxy groups -OCH3 is 1. The number of terminal acetylenes is 1. The Morgan fingerprint density at radius 1 is 1.32 bits per heavy atom. The summed E-state index contributed by atoms with van der Waals surface area (Å²) in [6.45, 7) is 6.68. The molecular formula is C21H22ClNO2. The van der Waals surface area contributed by atoms with E-state index in [-0.39, 0.29) is 6.61 Å². The number of nitrogens with one attached hydrogen (secondary N) is 1. The van der Waals surface area contributed by atoms with Gasteiger partial charge in [0.2, 0.25) is 0 Å². The molecule has 2 aromatic carbocycles. The minimum atomic E-state index is 0.194. The molecule has 0 atom stereocenters. The van der Waals surface area contributed by atoms with Crippen molar-refractivity contribution < 1.29 is 9.47 Å². The summed E-state index contributed by atoms with van der Waals surface area (Å²) in [6, 6.07) is 9.81. The predicted octanol–water partition coefficient (Wildman–Crippen LogP) is 5.01. The van der Waals surface area contributed by atoms with Crippen molar-refractivity contribution in [3.05, 3.63) is 64.7 Å². The molecule has 0 bridgehead atoms. The molecular weight excluding hydrogens is 334 g/mol. The number of benzene rings is 2. The third-order valence-corrected chi connectivity index (χ3v) is 3.99. The zero-order valence-corrected chi connectivity index (χ0v) is 15.3. The molecule has 0 unspecified atom stereocenters. The van der Waals surface area contributed by atoms with E-state index in [1.165, 1.54) is 0 Å². The van der Waals surface area contributed by atoms with Crippen LogP contribution in [0, 0.1) is 19.3 Å². The lowest BCUT2D eigenvalue weighted by Crippen LogP contribution is -2.05. The molecule has 0 heterocycles. The van der Waals surface area contributed by atoms with Crippen molar-refractivity contribution in [3.63, 3.8) is 0 Å². The molecule has 0 spiro atoms. The summed E-state index contributed by atoms with van der Waals surface area (Å²) in [5, 5.41) is 4.12. The molecule has 0 amide bonds. The van der Waals surface area contributed by atoms with E-state index >= 15 is 0 Å². The van der Waals surface area contributed by atoms with Crippen molar-refractivity contribution in [2.24, 2.45) is 0 Å². The smallest absolute Gasteiger partial charge is 0.166 e. The van der Waals surface area contributed by atoms with Crippen LogP contribution in [0.1, 0.15) is 16.7 Å². The van der Waals surface area contributed by atoms with Gasteiger partial charge in [-0.15, -0.1) is 13.0 Å². The van der Waals surface area contributed by atoms with E-state index in [0.29, 0.717) is 29.5 Å². The van der Waals surface area contributed by atoms with Gasteiger partial charge in [-0.25, -0.2) is 0 Å². The van der Waals surface area contributed by atoms with Crippen LogP contribution in [0.25, 0.3) is 0 Å². The van der Waals surface area contributed by atoms with Crippen LogP contribution < -0.4 is 14.8 Å². The van der Waals surface area contributed by atoms with Crippen molar-refractivity contribution in [3.8, 4) is 23.8 Å². The van der Waals surface area contributed by atoms with Gasteiger partial charge in [0.1, 0.15) is 6.61 Å². The highest BCUT2D eigenvalue weighted by atomic mass is 35.5. The molecule has 130 valence electrons. The van der Waals surface area contributed by atoms with Gasteiger partial charge < -0.3 is 14.8 Å². The van der Waals surface area contributed by atoms with Gasteiger partial charge in [-0.1, -0.05) is 29.7 Å². The Bertz CT molecular complexity index is 793. The first-order valence-electron chi connectivity index (χ1n) is 7.96. The van der Waals surface area contributed by atoms with E-state index in [2.05, 4.69) is 23.9 Å². The number of hydrogen-bond acceptors (Lipinski definition) is 3. The van der Waals surface area contributed by atoms with Gasteiger partial charge in [0.05, 0.1) is 7.11 Å². The van der Waals surface area contributed by atoms with Crippen molar-refractivity contribution in [2.75, 3.05) is 19.0 Å². The Labute approximate surface area is 154 Å². The molecule has 0 aliphatic rings. The molecule has 0 fully saturated rings. The highest BCUT2D eigenvalue weighted by Gasteiger charge is 2.13. The minimum Gasteiger partial charge on any atom is -0.493 e. The lowest BCUT2D eigenvalue weighted by molar-refractivity contribution is 0.328. The van der Waals surface area contributed by atoms with Gasteiger partial charge in [0.25, 0.3) is 0 Å². The van der Waals surface area contributed by atoms with Crippen molar-refractivity contribution >= 4 is 17.3 Å². The lowest BCUT2D eigenvalue weighted by atomic mass is 10.0. The van der Waals surface area contributed by atoms with Crippen LogP contribution in [0.15, 0.2) is 43.0 Å². The Morgan fingerprint density at radius 2 is 2.12 bits per heavy atom. The third-order valence-electron chi connectivity index (χ3n) is 3.76. The number of hydrogen-bond donors (Lipinski definition) is 1. The number of ether oxygens (including phenoxy) is 2. The van der Waals surface area contributed by atoms with E-state index < -0.39 is 0 Å². The fourth-order valence-corrected chi connectivity index (χ4v) is 2.72. The zero-order chi connectivity index (χ0) is 18.2. The summed E-state index contributed by atoms with van der Waals surface area (Å²) in [7, 11) is 1.62. The van der Waals surface area contributed by atoms with Crippen LogP contribution in [0.2, 0.25) is 5.02 Å². The van der Waals surface area contributed by atoms with Gasteiger partial charge in [0, 0.05) is 22.8 Å². The number of aryl methyl sites for hydroxylation is 1. The minimum absolute atomic E-state index is 0.194. The van der Waals surface area contributed by atoms with Crippen LogP contribution in [-0.2, 0) is 13.0 Å². The standard InChI is InChI=1S/C21H22ClNO2/c1-5-7-17-11-16(12-20(24-4)21(17)25-10-6-2)14-23-19-13-18(22)9-8-15(19)3/h2,5,8-9,11-13,23H,1,7,10,14H2,3-4H3. The van der Waals surface area contributed by atoms with Gasteiger partial charge in [0.15, 0.2) is 11.5 Å². The molecule has 4 heteroatoms. The van der Waals surface area contributed by atoms with E-state index in [0.717, 1.165) is 22.4 Å². The van der Waals surface area contributed by atoms with E-state index in [9.17, 15) is 0 Å². The topological polar surface area (TPSA) is 30.5 Å². The summed E-state index contributed by atoms with van der Waals surface area (Å²) < 4.78 is 11.2. The van der Waals surface area contributed by atoms with Crippen LogP contribution in [0.4, 0.5) is 5.69 Å². The maximum Gasteiger partial charge on any atom is 0.166 e. The van der Waals surface area contributed by atoms with Crippen LogP contribution in [-0.4, -0.2) is 13.7 Å². The van der Waals surface area contributed by atoms with Gasteiger partial charge >= 0.3 is 0 Å². The second-order valence-corrected chi connectivity index (χ2v) is 6.02. The summed E-state index contributed by atoms with van der Waals surface area (Å²) >= 11 is 6.08. The number of rotatable bonds is 8. The first-order valence-corrected chi connectivity index (χ1v) is 8.33. The lowest BCUT2D eigenvalue weighted by Gasteiger charge is -2.16. The van der Waals surface area contributed by atoms with E-state index in [1.54, 1.807) is 7.11 Å². The molecule has 0 aliphatic carbocycles. The summed E-state index contributed by atoms with van der Waals surface area (Å²) in [4.78, 5) is 0. The average molecular weight is 356 g/mol. The number of anilines is 1. The van der Waals surface area contributed by atoms with Crippen LogP contribution >= 0.6 is 11.6 Å². The molecule has 0 radical (unpaired) electrons. The van der Waals surface area contributed by atoms with Crippen molar-refractivity contribution in [2.45, 2.75) is 19.9 Å². The first kappa shape index (κ1) is 18.8. The quantitative estimate of drug-likeness (QED) is 0.533. The number of allylic oxidation sites excluding steroid dienone is 1. The third kappa shape index (κ3) is 4.95. The molecule has 2 aromatic rings. The highest BCUT2D eigenvalue weighted by Crippen LogP contribution is 2.34. The molecule has 3 nitrogen and oxygen atoms in total. The first-order chi connectivity index (χ1) is 12.1. The number of halogens is 1. The SMILES string of the molecule is C#CCOc1c(CC=C)cc(CNc2cc(Cl)ccc2C)cc1OC. The zero-order valence-electron chi connectivity index (χ0n) is 14.6. The monoisotopic (exact) mass is 355 g/mol. The summed E-state index contributed by atoms with van der Waals surface area (Å²) in [6.07, 6.45) is 7.80. The molecule has 0 saturated carbocycles. The highest BCUT2D eigenvalue weighted by molar-refractivity contribution is 6.30. The summed E-state index contributed by atoms with van der Waals surface area (Å²) in [5.41, 5.74) is 4.20. The normalized spacial score (nSPS) is 10.0. The van der Waals surface area contributed by atoms with Crippen LogP contribution in [0.3, 0.4) is 0 Å². The predicted molar refractivity (Wildman–Crippen MR) is 105 cm³/mol.